The highest BCUT2D eigenvalue weighted by atomic mass is 32.1. The fraction of sp³-hybridized carbons (Fsp3) is 0.133. The second-order valence-electron chi connectivity index (χ2n) is 4.22. The summed E-state index contributed by atoms with van der Waals surface area (Å²) in [4.78, 5) is 5.71. The van der Waals surface area contributed by atoms with Crippen molar-refractivity contribution in [2.24, 2.45) is 0 Å². The van der Waals surface area contributed by atoms with Crippen LogP contribution in [0.15, 0.2) is 53.4 Å². The normalized spacial score (nSPS) is 10.7. The van der Waals surface area contributed by atoms with E-state index in [0.717, 1.165) is 18.1 Å². The average Bonchev–Trinajstić information content (AvgIpc) is 3.10. The highest BCUT2D eigenvalue weighted by Crippen LogP contribution is 2.27. The summed E-state index contributed by atoms with van der Waals surface area (Å²) in [6.45, 7) is 1.71. The number of nitrogens with one attached hydrogen (secondary N) is 1. The Kier molecular flexibility index (Phi) is 4.03. The maximum absolute atomic E-state index is 4.46. The summed E-state index contributed by atoms with van der Waals surface area (Å²) >= 11 is 3.48. The van der Waals surface area contributed by atoms with Crippen molar-refractivity contribution in [3.05, 3.63) is 63.9 Å². The van der Waals surface area contributed by atoms with Crippen molar-refractivity contribution in [1.29, 1.82) is 0 Å². The first-order valence-corrected chi connectivity index (χ1v) is 7.90. The number of thiophene rings is 1. The number of rotatable bonds is 5. The topological polar surface area (TPSA) is 24.9 Å². The van der Waals surface area contributed by atoms with E-state index in [1.54, 1.807) is 22.7 Å². The van der Waals surface area contributed by atoms with Crippen molar-refractivity contribution in [2.45, 2.75) is 13.1 Å². The van der Waals surface area contributed by atoms with Crippen LogP contribution in [0.1, 0.15) is 10.6 Å². The van der Waals surface area contributed by atoms with Gasteiger partial charge in [0, 0.05) is 24.8 Å². The van der Waals surface area contributed by atoms with Crippen molar-refractivity contribution < 1.29 is 0 Å². The molecular weight excluding hydrogens is 272 g/mol. The zero-order chi connectivity index (χ0) is 12.9. The molecule has 2 aromatic heterocycles. The zero-order valence-electron chi connectivity index (χ0n) is 10.4. The van der Waals surface area contributed by atoms with Gasteiger partial charge in [0.2, 0.25) is 0 Å². The van der Waals surface area contributed by atoms with Gasteiger partial charge in [0.05, 0.1) is 4.88 Å². The first-order chi connectivity index (χ1) is 9.42. The van der Waals surface area contributed by atoms with E-state index in [2.05, 4.69) is 51.4 Å². The van der Waals surface area contributed by atoms with E-state index in [1.165, 1.54) is 16.0 Å². The number of aromatic nitrogens is 1. The van der Waals surface area contributed by atoms with Gasteiger partial charge in [0.1, 0.15) is 5.01 Å². The zero-order valence-corrected chi connectivity index (χ0v) is 12.0. The van der Waals surface area contributed by atoms with Crippen molar-refractivity contribution in [3.8, 4) is 10.4 Å². The van der Waals surface area contributed by atoms with Gasteiger partial charge in [-0.1, -0.05) is 30.3 Å². The van der Waals surface area contributed by atoms with Gasteiger partial charge in [0.25, 0.3) is 0 Å². The number of thiazole rings is 1. The van der Waals surface area contributed by atoms with Crippen LogP contribution in [-0.4, -0.2) is 4.98 Å². The smallest absolute Gasteiger partial charge is 0.107 e. The Morgan fingerprint density at radius 2 is 1.95 bits per heavy atom. The highest BCUT2D eigenvalue weighted by Gasteiger charge is 2.04. The fourth-order valence-corrected chi connectivity index (χ4v) is 3.45. The van der Waals surface area contributed by atoms with Crippen LogP contribution in [0, 0.1) is 0 Å². The minimum absolute atomic E-state index is 0.823. The first kappa shape index (κ1) is 12.5. The molecule has 0 saturated heterocycles. The van der Waals surface area contributed by atoms with Crippen LogP contribution in [0.3, 0.4) is 0 Å². The molecular formula is C15H14N2S2. The van der Waals surface area contributed by atoms with Crippen molar-refractivity contribution >= 4 is 22.7 Å². The summed E-state index contributed by atoms with van der Waals surface area (Å²) in [7, 11) is 0. The standard InChI is InChI=1S/C15H14N2S2/c1-2-4-12(5-3-1)8-16-10-15-17-9-14(19-15)13-6-7-18-11-13/h1-7,9,11,16H,8,10H2. The lowest BCUT2D eigenvalue weighted by Gasteiger charge is -2.01. The van der Waals surface area contributed by atoms with Gasteiger partial charge < -0.3 is 5.32 Å². The molecule has 0 amide bonds. The lowest BCUT2D eigenvalue weighted by Crippen LogP contribution is -2.12. The van der Waals surface area contributed by atoms with E-state index in [4.69, 9.17) is 0 Å². The van der Waals surface area contributed by atoms with Crippen molar-refractivity contribution in [2.75, 3.05) is 0 Å². The Balaban J connectivity index is 1.56. The molecule has 1 N–H and O–H groups in total. The number of benzene rings is 1. The van der Waals surface area contributed by atoms with Crippen LogP contribution in [0.5, 0.6) is 0 Å². The molecule has 0 aliphatic heterocycles. The van der Waals surface area contributed by atoms with Gasteiger partial charge in [-0.25, -0.2) is 4.98 Å². The number of hydrogen-bond acceptors (Lipinski definition) is 4. The summed E-state index contributed by atoms with van der Waals surface area (Å²) in [5.41, 5.74) is 2.58. The number of nitrogens with zero attached hydrogens (tertiary/aromatic N) is 1. The lowest BCUT2D eigenvalue weighted by molar-refractivity contribution is 0.690. The summed E-state index contributed by atoms with van der Waals surface area (Å²) in [6, 6.07) is 12.6. The summed E-state index contributed by atoms with van der Waals surface area (Å²) in [5.74, 6) is 0. The van der Waals surface area contributed by atoms with E-state index in [0.29, 0.717) is 0 Å². The molecule has 2 nitrogen and oxygen atoms in total. The fourth-order valence-electron chi connectivity index (χ4n) is 1.84. The van der Waals surface area contributed by atoms with E-state index in [9.17, 15) is 0 Å². The molecule has 0 radical (unpaired) electrons. The van der Waals surface area contributed by atoms with Crippen LogP contribution in [0.25, 0.3) is 10.4 Å². The van der Waals surface area contributed by atoms with E-state index >= 15 is 0 Å². The lowest BCUT2D eigenvalue weighted by atomic mass is 10.2. The SMILES string of the molecule is c1ccc(CNCc2ncc(-c3ccsc3)s2)cc1. The molecule has 0 aliphatic carbocycles. The van der Waals surface area contributed by atoms with Gasteiger partial charge in [0.15, 0.2) is 0 Å². The Labute approximate surface area is 120 Å². The summed E-state index contributed by atoms with van der Waals surface area (Å²) < 4.78 is 0. The van der Waals surface area contributed by atoms with Crippen LogP contribution in [0.2, 0.25) is 0 Å². The van der Waals surface area contributed by atoms with E-state index in [1.807, 2.05) is 12.3 Å². The molecule has 4 heteroatoms. The summed E-state index contributed by atoms with van der Waals surface area (Å²) in [6.07, 6.45) is 1.96. The quantitative estimate of drug-likeness (QED) is 0.761. The monoisotopic (exact) mass is 286 g/mol. The molecule has 3 rings (SSSR count). The molecule has 0 atom stereocenters. The third-order valence-corrected chi connectivity index (χ3v) is 4.54. The van der Waals surface area contributed by atoms with Crippen LogP contribution >= 0.6 is 22.7 Å². The Morgan fingerprint density at radius 3 is 2.74 bits per heavy atom. The molecule has 3 aromatic rings. The molecule has 1 aromatic carbocycles. The van der Waals surface area contributed by atoms with Crippen molar-refractivity contribution in [1.82, 2.24) is 10.3 Å². The van der Waals surface area contributed by atoms with Crippen LogP contribution in [0.4, 0.5) is 0 Å². The molecule has 0 bridgehead atoms. The second kappa shape index (κ2) is 6.10. The number of hydrogen-bond donors (Lipinski definition) is 1. The second-order valence-corrected chi connectivity index (χ2v) is 6.11. The molecule has 0 spiro atoms. The first-order valence-electron chi connectivity index (χ1n) is 6.14. The Bertz CT molecular complexity index is 615. The van der Waals surface area contributed by atoms with Gasteiger partial charge >= 0.3 is 0 Å². The maximum atomic E-state index is 4.46. The van der Waals surface area contributed by atoms with E-state index in [-0.39, 0.29) is 0 Å². The minimum atomic E-state index is 0.823. The van der Waals surface area contributed by atoms with Gasteiger partial charge in [-0.15, -0.1) is 11.3 Å². The highest BCUT2D eigenvalue weighted by molar-refractivity contribution is 7.15. The molecule has 0 unspecified atom stereocenters. The largest absolute Gasteiger partial charge is 0.306 e. The summed E-state index contributed by atoms with van der Waals surface area (Å²) in [5, 5.41) is 8.82. The van der Waals surface area contributed by atoms with Gasteiger partial charge in [-0.2, -0.15) is 11.3 Å². The maximum Gasteiger partial charge on any atom is 0.107 e. The molecule has 2 heterocycles. The molecule has 96 valence electrons. The Morgan fingerprint density at radius 1 is 1.05 bits per heavy atom. The van der Waals surface area contributed by atoms with Gasteiger partial charge in [-0.05, 0) is 22.4 Å². The third-order valence-electron chi connectivity index (χ3n) is 2.81. The molecule has 0 fully saturated rings. The predicted molar refractivity (Wildman–Crippen MR) is 82.4 cm³/mol. The van der Waals surface area contributed by atoms with Gasteiger partial charge in [-0.3, -0.25) is 0 Å². The molecule has 0 saturated carbocycles. The van der Waals surface area contributed by atoms with Crippen molar-refractivity contribution in [3.63, 3.8) is 0 Å². The average molecular weight is 286 g/mol. The van der Waals surface area contributed by atoms with Crippen LogP contribution in [-0.2, 0) is 13.1 Å². The van der Waals surface area contributed by atoms with Crippen LogP contribution < -0.4 is 5.32 Å². The predicted octanol–water partition coefficient (Wildman–Crippen LogP) is 4.16. The minimum Gasteiger partial charge on any atom is -0.306 e. The van der Waals surface area contributed by atoms with E-state index < -0.39 is 0 Å². The third kappa shape index (κ3) is 3.29. The molecule has 0 aliphatic rings. The molecule has 19 heavy (non-hydrogen) atoms. The Hall–Kier alpha value is -1.49.